The van der Waals surface area contributed by atoms with Crippen LogP contribution < -0.4 is 15.8 Å². The third kappa shape index (κ3) is 5.87. The molecule has 0 spiro atoms. The van der Waals surface area contributed by atoms with Crippen LogP contribution in [0.15, 0.2) is 16.3 Å². The van der Waals surface area contributed by atoms with Crippen LogP contribution in [0.25, 0.3) is 0 Å². The van der Waals surface area contributed by atoms with Gasteiger partial charge in [-0.15, -0.1) is 11.3 Å². The van der Waals surface area contributed by atoms with E-state index in [1.54, 1.807) is 0 Å². The highest BCUT2D eigenvalue weighted by Crippen LogP contribution is 2.25. The molecular weight excluding hydrogens is 310 g/mol. The first kappa shape index (κ1) is 16.4. The molecule has 1 aromatic heterocycles. The Morgan fingerprint density at radius 2 is 2.21 bits per heavy atom. The molecule has 1 rings (SSSR count). The number of nitrogens with one attached hydrogen (secondary N) is 2. The van der Waals surface area contributed by atoms with Crippen LogP contribution in [0.3, 0.4) is 0 Å². The smallest absolute Gasteiger partial charge is 0.250 e. The summed E-state index contributed by atoms with van der Waals surface area (Å²) in [7, 11) is -3.68. The number of thiophene rings is 1. The maximum Gasteiger partial charge on any atom is 0.250 e. The Morgan fingerprint density at radius 1 is 1.53 bits per heavy atom. The number of halogens is 1. The van der Waals surface area contributed by atoms with Gasteiger partial charge in [0.2, 0.25) is 5.91 Å². The molecule has 108 valence electrons. The summed E-state index contributed by atoms with van der Waals surface area (Å²) in [5, 5.41) is 2.57. The van der Waals surface area contributed by atoms with Gasteiger partial charge >= 0.3 is 0 Å². The van der Waals surface area contributed by atoms with Gasteiger partial charge in [0.25, 0.3) is 10.0 Å². The van der Waals surface area contributed by atoms with Crippen LogP contribution in [0.1, 0.15) is 13.3 Å². The molecule has 0 aliphatic heterocycles. The molecule has 6 nitrogen and oxygen atoms in total. The number of rotatable bonds is 7. The third-order valence-electron chi connectivity index (χ3n) is 2.16. The number of amides is 1. The van der Waals surface area contributed by atoms with Crippen molar-refractivity contribution in [2.45, 2.75) is 23.6 Å². The van der Waals surface area contributed by atoms with Gasteiger partial charge in [-0.05, 0) is 25.5 Å². The summed E-state index contributed by atoms with van der Waals surface area (Å²) >= 11 is 6.60. The average molecular weight is 326 g/mol. The second kappa shape index (κ2) is 7.20. The van der Waals surface area contributed by atoms with Gasteiger partial charge in [-0.2, -0.15) is 0 Å². The molecule has 19 heavy (non-hydrogen) atoms. The highest BCUT2D eigenvalue weighted by Gasteiger charge is 2.17. The van der Waals surface area contributed by atoms with E-state index in [0.717, 1.165) is 11.3 Å². The minimum Gasteiger partial charge on any atom is -0.355 e. The van der Waals surface area contributed by atoms with E-state index in [4.69, 9.17) is 17.3 Å². The number of nitrogens with two attached hydrogens (primary N) is 1. The van der Waals surface area contributed by atoms with Gasteiger partial charge in [0.15, 0.2) is 0 Å². The highest BCUT2D eigenvalue weighted by molar-refractivity contribution is 7.91. The van der Waals surface area contributed by atoms with Crippen LogP contribution >= 0.6 is 22.9 Å². The van der Waals surface area contributed by atoms with Gasteiger partial charge in [0.05, 0.1) is 10.9 Å². The molecule has 1 atom stereocenters. The van der Waals surface area contributed by atoms with Crippen LogP contribution in [-0.2, 0) is 14.8 Å². The van der Waals surface area contributed by atoms with Crippen molar-refractivity contribution in [1.82, 2.24) is 10.0 Å². The fourth-order valence-corrected chi connectivity index (χ4v) is 3.69. The van der Waals surface area contributed by atoms with Crippen molar-refractivity contribution >= 4 is 38.9 Å². The summed E-state index contributed by atoms with van der Waals surface area (Å²) in [5.74, 6) is -0.396. The zero-order chi connectivity index (χ0) is 14.5. The molecule has 1 aromatic rings. The number of hydrogen-bond acceptors (Lipinski definition) is 5. The summed E-state index contributed by atoms with van der Waals surface area (Å²) in [4.78, 5) is 11.4. The predicted octanol–water partition coefficient (Wildman–Crippen LogP) is 0.533. The van der Waals surface area contributed by atoms with Gasteiger partial charge in [-0.25, -0.2) is 13.1 Å². The molecule has 0 saturated heterocycles. The first-order valence-electron chi connectivity index (χ1n) is 5.58. The minimum atomic E-state index is -3.68. The van der Waals surface area contributed by atoms with Gasteiger partial charge in [0, 0.05) is 12.6 Å². The van der Waals surface area contributed by atoms with Crippen molar-refractivity contribution in [3.05, 3.63) is 16.5 Å². The Kier molecular flexibility index (Phi) is 6.21. The fourth-order valence-electron chi connectivity index (χ4n) is 1.18. The van der Waals surface area contributed by atoms with Crippen molar-refractivity contribution in [1.29, 1.82) is 0 Å². The molecule has 0 bridgehead atoms. The Hall–Kier alpha value is -0.670. The Morgan fingerprint density at radius 3 is 2.74 bits per heavy atom. The van der Waals surface area contributed by atoms with E-state index in [-0.39, 0.29) is 16.8 Å². The van der Waals surface area contributed by atoms with Crippen LogP contribution in [0.2, 0.25) is 4.34 Å². The topological polar surface area (TPSA) is 101 Å². The molecule has 1 unspecified atom stereocenters. The monoisotopic (exact) mass is 325 g/mol. The second-order valence-corrected chi connectivity index (χ2v) is 7.71. The number of hydrogen-bond donors (Lipinski definition) is 3. The van der Waals surface area contributed by atoms with Crippen molar-refractivity contribution in [3.63, 3.8) is 0 Å². The molecule has 0 saturated carbocycles. The van der Waals surface area contributed by atoms with Crippen molar-refractivity contribution < 1.29 is 13.2 Å². The van der Waals surface area contributed by atoms with Crippen LogP contribution in [0.5, 0.6) is 0 Å². The molecule has 0 radical (unpaired) electrons. The third-order valence-corrected chi connectivity index (χ3v) is 5.28. The van der Waals surface area contributed by atoms with E-state index in [1.165, 1.54) is 12.1 Å². The van der Waals surface area contributed by atoms with E-state index in [0.29, 0.717) is 17.3 Å². The zero-order valence-electron chi connectivity index (χ0n) is 10.3. The second-order valence-electron chi connectivity index (χ2n) is 4.00. The van der Waals surface area contributed by atoms with Gasteiger partial charge in [-0.1, -0.05) is 11.6 Å². The SMILES string of the molecule is CC(N)CCNC(=O)CNS(=O)(=O)c1ccc(Cl)s1. The fraction of sp³-hybridized carbons (Fsp3) is 0.500. The van der Waals surface area contributed by atoms with E-state index >= 15 is 0 Å². The molecule has 0 aromatic carbocycles. The van der Waals surface area contributed by atoms with Crippen LogP contribution in [0, 0.1) is 0 Å². The summed E-state index contributed by atoms with van der Waals surface area (Å²) < 4.78 is 26.2. The Labute approximate surface area is 121 Å². The first-order chi connectivity index (χ1) is 8.81. The molecule has 0 aliphatic carbocycles. The quantitative estimate of drug-likeness (QED) is 0.680. The summed E-state index contributed by atoms with van der Waals surface area (Å²) in [6.07, 6.45) is 0.638. The van der Waals surface area contributed by atoms with E-state index in [2.05, 4.69) is 10.0 Å². The lowest BCUT2D eigenvalue weighted by atomic mass is 10.2. The molecule has 0 fully saturated rings. The predicted molar refractivity (Wildman–Crippen MR) is 75.8 cm³/mol. The number of sulfonamides is 1. The summed E-state index contributed by atoms with van der Waals surface area (Å²) in [5.41, 5.74) is 5.53. The Balaban J connectivity index is 2.41. The highest BCUT2D eigenvalue weighted by atomic mass is 35.5. The molecule has 1 amide bonds. The van der Waals surface area contributed by atoms with Gasteiger partial charge in [-0.3, -0.25) is 4.79 Å². The summed E-state index contributed by atoms with van der Waals surface area (Å²) in [6.45, 7) is 1.94. The van der Waals surface area contributed by atoms with E-state index in [1.807, 2.05) is 6.92 Å². The van der Waals surface area contributed by atoms with Gasteiger partial charge in [0.1, 0.15) is 4.21 Å². The van der Waals surface area contributed by atoms with Crippen LogP contribution in [-0.4, -0.2) is 33.5 Å². The largest absolute Gasteiger partial charge is 0.355 e. The molecule has 0 aliphatic rings. The van der Waals surface area contributed by atoms with Crippen LogP contribution in [0.4, 0.5) is 0 Å². The molecule has 1 heterocycles. The normalized spacial score (nSPS) is 13.2. The Bertz CT molecular complexity index is 528. The molecule has 9 heteroatoms. The lowest BCUT2D eigenvalue weighted by molar-refractivity contribution is -0.119. The zero-order valence-corrected chi connectivity index (χ0v) is 12.7. The molecule has 4 N–H and O–H groups in total. The van der Waals surface area contributed by atoms with E-state index in [9.17, 15) is 13.2 Å². The maximum atomic E-state index is 11.8. The number of carbonyl (C=O) groups is 1. The maximum absolute atomic E-state index is 11.8. The minimum absolute atomic E-state index is 0.00903. The first-order valence-corrected chi connectivity index (χ1v) is 8.26. The number of carbonyl (C=O) groups excluding carboxylic acids is 1. The standard InChI is InChI=1S/C10H16ClN3O3S2/c1-7(12)4-5-13-9(15)6-14-19(16,17)10-3-2-8(11)18-10/h2-3,7,14H,4-6,12H2,1H3,(H,13,15). The van der Waals surface area contributed by atoms with Crippen molar-refractivity contribution in [2.75, 3.05) is 13.1 Å². The average Bonchev–Trinajstić information content (AvgIpc) is 2.74. The van der Waals surface area contributed by atoms with Crippen molar-refractivity contribution in [3.8, 4) is 0 Å². The van der Waals surface area contributed by atoms with Gasteiger partial charge < -0.3 is 11.1 Å². The lowest BCUT2D eigenvalue weighted by Gasteiger charge is -2.08. The summed E-state index contributed by atoms with van der Waals surface area (Å²) in [6, 6.07) is 2.87. The lowest BCUT2D eigenvalue weighted by Crippen LogP contribution is -2.38. The molecular formula is C10H16ClN3O3S2. The van der Waals surface area contributed by atoms with Crippen molar-refractivity contribution in [2.24, 2.45) is 5.73 Å². The van der Waals surface area contributed by atoms with E-state index < -0.39 is 15.9 Å².